The molecule has 7 nitrogen and oxygen atoms in total. The molecule has 0 heterocycles. The number of ether oxygens (including phenoxy) is 1. The number of amides is 2. The molecule has 108 valence electrons. The third-order valence-electron chi connectivity index (χ3n) is 2.38. The van der Waals surface area contributed by atoms with Crippen molar-refractivity contribution in [1.82, 2.24) is 5.32 Å². The quantitative estimate of drug-likeness (QED) is 0.614. The smallest absolute Gasteiger partial charge is 0.326 e. The number of primary amides is 1. The molecule has 7 heteroatoms. The first-order chi connectivity index (χ1) is 9.49. The lowest BCUT2D eigenvalue weighted by molar-refractivity contribution is -0.143. The van der Waals surface area contributed by atoms with E-state index in [2.05, 4.69) is 5.32 Å². The van der Waals surface area contributed by atoms with Gasteiger partial charge >= 0.3 is 5.97 Å². The van der Waals surface area contributed by atoms with E-state index in [0.717, 1.165) is 0 Å². The van der Waals surface area contributed by atoms with Gasteiger partial charge in [0.25, 0.3) is 0 Å². The molecule has 0 aliphatic heterocycles. The molecular formula is C13H16N2O5. The fourth-order valence-electron chi connectivity index (χ4n) is 1.45. The summed E-state index contributed by atoms with van der Waals surface area (Å²) in [6.07, 6.45) is -0.460. The number of carbonyl (C=O) groups excluding carboxylic acids is 2. The number of rotatable bonds is 8. The molecule has 20 heavy (non-hydrogen) atoms. The zero-order valence-electron chi connectivity index (χ0n) is 10.7. The Hall–Kier alpha value is -2.57. The van der Waals surface area contributed by atoms with Crippen LogP contribution in [0.3, 0.4) is 0 Å². The number of nitrogens with two attached hydrogens (primary N) is 1. The van der Waals surface area contributed by atoms with Crippen molar-refractivity contribution in [3.05, 3.63) is 30.3 Å². The molecular weight excluding hydrogens is 264 g/mol. The van der Waals surface area contributed by atoms with Gasteiger partial charge in [0.1, 0.15) is 11.8 Å². The fourth-order valence-corrected chi connectivity index (χ4v) is 1.45. The van der Waals surface area contributed by atoms with Crippen LogP contribution >= 0.6 is 0 Å². The van der Waals surface area contributed by atoms with Gasteiger partial charge in [-0.3, -0.25) is 9.59 Å². The van der Waals surface area contributed by atoms with Crippen molar-refractivity contribution in [2.45, 2.75) is 18.9 Å². The summed E-state index contributed by atoms with van der Waals surface area (Å²) in [5.74, 6) is -2.00. The standard InChI is InChI=1S/C13H16N2O5/c14-11(16)8-10(13(18)19)15-12(17)6-7-20-9-4-2-1-3-5-9/h1-5,10H,6-8H2,(H2,14,16)(H,15,17)(H,18,19). The molecule has 0 aromatic heterocycles. The molecule has 0 fully saturated rings. The van der Waals surface area contributed by atoms with Crippen LogP contribution in [0.15, 0.2) is 30.3 Å². The van der Waals surface area contributed by atoms with Crippen LogP contribution in [0.25, 0.3) is 0 Å². The first-order valence-corrected chi connectivity index (χ1v) is 5.97. The molecule has 1 aromatic carbocycles. The van der Waals surface area contributed by atoms with E-state index in [-0.39, 0.29) is 13.0 Å². The zero-order valence-corrected chi connectivity index (χ0v) is 10.7. The van der Waals surface area contributed by atoms with E-state index in [9.17, 15) is 14.4 Å². The molecule has 0 aliphatic rings. The molecule has 1 aromatic rings. The normalized spacial score (nSPS) is 11.4. The number of nitrogens with one attached hydrogen (secondary N) is 1. The molecule has 0 bridgehead atoms. The highest BCUT2D eigenvalue weighted by molar-refractivity contribution is 5.88. The predicted octanol–water partition coefficient (Wildman–Crippen LogP) is -0.0997. The maximum absolute atomic E-state index is 11.5. The van der Waals surface area contributed by atoms with Gasteiger partial charge in [-0.15, -0.1) is 0 Å². The van der Waals surface area contributed by atoms with Crippen LogP contribution < -0.4 is 15.8 Å². The maximum atomic E-state index is 11.5. The topological polar surface area (TPSA) is 119 Å². The number of carbonyl (C=O) groups is 3. The Labute approximate surface area is 115 Å². The van der Waals surface area contributed by atoms with E-state index < -0.39 is 30.2 Å². The Balaban J connectivity index is 2.35. The van der Waals surface area contributed by atoms with Crippen molar-refractivity contribution in [1.29, 1.82) is 0 Å². The number of carboxylic acids is 1. The summed E-state index contributed by atoms with van der Waals surface area (Å²) in [5.41, 5.74) is 4.90. The first kappa shape index (κ1) is 15.5. The molecule has 4 N–H and O–H groups in total. The third-order valence-corrected chi connectivity index (χ3v) is 2.38. The van der Waals surface area contributed by atoms with Crippen LogP contribution in [0.4, 0.5) is 0 Å². The number of benzene rings is 1. The monoisotopic (exact) mass is 280 g/mol. The Kier molecular flexibility index (Phi) is 6.02. The van der Waals surface area contributed by atoms with E-state index in [1.165, 1.54) is 0 Å². The van der Waals surface area contributed by atoms with Gasteiger partial charge in [-0.2, -0.15) is 0 Å². The highest BCUT2D eigenvalue weighted by atomic mass is 16.5. The summed E-state index contributed by atoms with van der Waals surface area (Å²) in [5, 5.41) is 11.0. The second kappa shape index (κ2) is 7.78. The lowest BCUT2D eigenvalue weighted by Gasteiger charge is -2.13. The van der Waals surface area contributed by atoms with E-state index in [1.807, 2.05) is 6.07 Å². The predicted molar refractivity (Wildman–Crippen MR) is 69.9 cm³/mol. The molecule has 1 unspecified atom stereocenters. The van der Waals surface area contributed by atoms with Gasteiger partial charge in [-0.25, -0.2) is 4.79 Å². The Morgan fingerprint density at radius 1 is 1.25 bits per heavy atom. The van der Waals surface area contributed by atoms with Crippen molar-refractivity contribution < 1.29 is 24.2 Å². The van der Waals surface area contributed by atoms with Crippen LogP contribution in [0.1, 0.15) is 12.8 Å². The van der Waals surface area contributed by atoms with Gasteiger partial charge in [0.15, 0.2) is 0 Å². The fraction of sp³-hybridized carbons (Fsp3) is 0.308. The van der Waals surface area contributed by atoms with Crippen molar-refractivity contribution in [2.75, 3.05) is 6.61 Å². The molecule has 0 radical (unpaired) electrons. The van der Waals surface area contributed by atoms with E-state index >= 15 is 0 Å². The lowest BCUT2D eigenvalue weighted by atomic mass is 10.2. The molecule has 0 aliphatic carbocycles. The van der Waals surface area contributed by atoms with Crippen molar-refractivity contribution in [3.63, 3.8) is 0 Å². The van der Waals surface area contributed by atoms with Crippen LogP contribution in [0.2, 0.25) is 0 Å². The largest absolute Gasteiger partial charge is 0.493 e. The molecule has 1 rings (SSSR count). The summed E-state index contributed by atoms with van der Waals surface area (Å²) in [7, 11) is 0. The van der Waals surface area contributed by atoms with E-state index in [0.29, 0.717) is 5.75 Å². The highest BCUT2D eigenvalue weighted by Gasteiger charge is 2.21. The summed E-state index contributed by atoms with van der Waals surface area (Å²) in [4.78, 5) is 33.0. The number of aliphatic carboxylic acids is 1. The van der Waals surface area contributed by atoms with Crippen molar-refractivity contribution >= 4 is 17.8 Å². The summed E-state index contributed by atoms with van der Waals surface area (Å²) in [6, 6.07) is 7.60. The molecule has 0 saturated heterocycles. The van der Waals surface area contributed by atoms with Gasteiger partial charge in [0.2, 0.25) is 11.8 Å². The lowest BCUT2D eigenvalue weighted by Crippen LogP contribution is -2.43. The van der Waals surface area contributed by atoms with E-state index in [4.69, 9.17) is 15.6 Å². The molecule has 0 spiro atoms. The van der Waals surface area contributed by atoms with E-state index in [1.54, 1.807) is 24.3 Å². The number of hydrogen-bond acceptors (Lipinski definition) is 4. The highest BCUT2D eigenvalue weighted by Crippen LogP contribution is 2.08. The summed E-state index contributed by atoms with van der Waals surface area (Å²) >= 11 is 0. The van der Waals surface area contributed by atoms with Crippen molar-refractivity contribution in [2.24, 2.45) is 5.73 Å². The van der Waals surface area contributed by atoms with Gasteiger partial charge < -0.3 is 20.9 Å². The minimum absolute atomic E-state index is 0.0164. The minimum Gasteiger partial charge on any atom is -0.493 e. The first-order valence-electron chi connectivity index (χ1n) is 5.97. The molecule has 2 amide bonds. The van der Waals surface area contributed by atoms with Gasteiger partial charge in [0.05, 0.1) is 19.4 Å². The number of para-hydroxylation sites is 1. The van der Waals surface area contributed by atoms with Gasteiger partial charge in [0, 0.05) is 0 Å². The maximum Gasteiger partial charge on any atom is 0.326 e. The SMILES string of the molecule is NC(=O)CC(NC(=O)CCOc1ccccc1)C(=O)O. The van der Waals surface area contributed by atoms with Crippen molar-refractivity contribution in [3.8, 4) is 5.75 Å². The van der Waals surface area contributed by atoms with Gasteiger partial charge in [-0.1, -0.05) is 18.2 Å². The van der Waals surface area contributed by atoms with Gasteiger partial charge in [-0.05, 0) is 12.1 Å². The zero-order chi connectivity index (χ0) is 15.0. The second-order valence-corrected chi connectivity index (χ2v) is 4.04. The number of hydrogen-bond donors (Lipinski definition) is 3. The second-order valence-electron chi connectivity index (χ2n) is 4.04. The average molecular weight is 280 g/mol. The summed E-state index contributed by atoms with van der Waals surface area (Å²) < 4.78 is 5.30. The molecule has 0 saturated carbocycles. The van der Waals surface area contributed by atoms with Crippen LogP contribution in [0, 0.1) is 0 Å². The Morgan fingerprint density at radius 2 is 1.90 bits per heavy atom. The Bertz CT molecular complexity index is 475. The molecule has 1 atom stereocenters. The van der Waals surface area contributed by atoms with Crippen LogP contribution in [-0.4, -0.2) is 35.5 Å². The van der Waals surface area contributed by atoms with Crippen LogP contribution in [0.5, 0.6) is 5.75 Å². The number of carboxylic acid groups (broad SMARTS) is 1. The Morgan fingerprint density at radius 3 is 2.45 bits per heavy atom. The van der Waals surface area contributed by atoms with Crippen LogP contribution in [-0.2, 0) is 14.4 Å². The average Bonchev–Trinajstić information content (AvgIpc) is 2.38. The third kappa shape index (κ3) is 5.85. The summed E-state index contributed by atoms with van der Waals surface area (Å²) in [6.45, 7) is 0.110. The minimum atomic E-state index is -1.31.